The first-order chi connectivity index (χ1) is 12.9. The molecule has 2 N–H and O–H groups in total. The van der Waals surface area contributed by atoms with Crippen LogP contribution in [0, 0.1) is 0 Å². The van der Waals surface area contributed by atoms with Crippen LogP contribution in [0.15, 0.2) is 87.9 Å². The molecule has 0 spiro atoms. The van der Waals surface area contributed by atoms with Crippen molar-refractivity contribution >= 4 is 80.8 Å². The summed E-state index contributed by atoms with van der Waals surface area (Å²) in [5.41, 5.74) is 0.214. The number of aromatic hydroxyl groups is 1. The van der Waals surface area contributed by atoms with Crippen molar-refractivity contribution in [3.63, 3.8) is 0 Å². The van der Waals surface area contributed by atoms with Gasteiger partial charge < -0.3 is 5.11 Å². The summed E-state index contributed by atoms with van der Waals surface area (Å²) in [6.45, 7) is 0. The second-order valence-electron chi connectivity index (χ2n) is 5.96. The summed E-state index contributed by atoms with van der Waals surface area (Å²) in [5, 5.41) is 20.8. The Morgan fingerprint density at radius 3 is 1.96 bits per heavy atom. The van der Waals surface area contributed by atoms with E-state index in [1.165, 1.54) is 12.1 Å². The zero-order valence-corrected chi connectivity index (χ0v) is 17.7. The van der Waals surface area contributed by atoms with Gasteiger partial charge in [-0.25, -0.2) is 0 Å². The Morgan fingerprint density at radius 1 is 0.714 bits per heavy atom. The fourth-order valence-corrected chi connectivity index (χ4v) is 3.87. The van der Waals surface area contributed by atoms with Crippen molar-refractivity contribution in [1.29, 1.82) is 0 Å². The van der Waals surface area contributed by atoms with E-state index in [1.807, 2.05) is 12.1 Å². The van der Waals surface area contributed by atoms with Gasteiger partial charge in [-0.3, -0.25) is 4.55 Å². The SMILES string of the molecule is O=S(=O)(O)c1c(N=Nc2c(O)ccc3ccccc23)ccc2ccccc12.[Ca]. The summed E-state index contributed by atoms with van der Waals surface area (Å²) in [5.74, 6) is -0.0772. The molecule has 0 heterocycles. The summed E-state index contributed by atoms with van der Waals surface area (Å²) in [6, 6.07) is 20.5. The molecule has 2 radical (unpaired) electrons. The molecule has 0 fully saturated rings. The average molecular weight is 418 g/mol. The normalized spacial score (nSPS) is 11.8. The molecule has 28 heavy (non-hydrogen) atoms. The fourth-order valence-electron chi connectivity index (χ4n) is 3.03. The van der Waals surface area contributed by atoms with Gasteiger partial charge in [0.2, 0.25) is 0 Å². The van der Waals surface area contributed by atoms with Gasteiger partial charge in [0.25, 0.3) is 10.1 Å². The van der Waals surface area contributed by atoms with Crippen molar-refractivity contribution in [3.8, 4) is 5.75 Å². The Morgan fingerprint density at radius 2 is 1.29 bits per heavy atom. The van der Waals surface area contributed by atoms with Crippen LogP contribution in [0.4, 0.5) is 11.4 Å². The molecule has 0 saturated heterocycles. The first kappa shape index (κ1) is 20.7. The third kappa shape index (κ3) is 3.90. The molecular weight excluding hydrogens is 404 g/mol. The summed E-state index contributed by atoms with van der Waals surface area (Å²) >= 11 is 0. The topological polar surface area (TPSA) is 99.3 Å². The molecular formula is C20H14CaN2O4S. The van der Waals surface area contributed by atoms with Crippen molar-refractivity contribution in [1.82, 2.24) is 0 Å². The van der Waals surface area contributed by atoms with E-state index in [4.69, 9.17) is 0 Å². The summed E-state index contributed by atoms with van der Waals surface area (Å²) in [6.07, 6.45) is 0. The molecule has 136 valence electrons. The van der Waals surface area contributed by atoms with E-state index in [9.17, 15) is 18.1 Å². The van der Waals surface area contributed by atoms with Gasteiger partial charge in [-0.05, 0) is 22.9 Å². The minimum absolute atomic E-state index is 0. The third-order valence-electron chi connectivity index (χ3n) is 4.25. The molecule has 8 heteroatoms. The number of phenolic OH excluding ortho intramolecular Hbond substituents is 1. The molecule has 6 nitrogen and oxygen atoms in total. The number of fused-ring (bicyclic) bond motifs is 2. The number of benzene rings is 4. The summed E-state index contributed by atoms with van der Waals surface area (Å²) in [4.78, 5) is -0.316. The van der Waals surface area contributed by atoms with Crippen LogP contribution in [-0.4, -0.2) is 55.8 Å². The first-order valence-electron chi connectivity index (χ1n) is 8.07. The molecule has 0 atom stereocenters. The van der Waals surface area contributed by atoms with Gasteiger partial charge in [0, 0.05) is 48.5 Å². The molecule has 0 aliphatic heterocycles. The summed E-state index contributed by atoms with van der Waals surface area (Å²) < 4.78 is 33.6. The molecule has 0 amide bonds. The number of rotatable bonds is 3. The van der Waals surface area contributed by atoms with Crippen LogP contribution in [0.2, 0.25) is 0 Å². The number of nitrogens with zero attached hydrogens (tertiary/aromatic N) is 2. The summed E-state index contributed by atoms with van der Waals surface area (Å²) in [7, 11) is -4.53. The van der Waals surface area contributed by atoms with Crippen LogP contribution in [0.25, 0.3) is 21.5 Å². The average Bonchev–Trinajstić information content (AvgIpc) is 2.66. The maximum Gasteiger partial charge on any atom is 0.297 e. The van der Waals surface area contributed by atoms with Crippen LogP contribution >= 0.6 is 0 Å². The van der Waals surface area contributed by atoms with Crippen molar-refractivity contribution in [2.45, 2.75) is 4.90 Å². The predicted molar refractivity (Wildman–Crippen MR) is 109 cm³/mol. The first-order valence-corrected chi connectivity index (χ1v) is 9.51. The quantitative estimate of drug-likeness (QED) is 0.278. The molecule has 0 aromatic heterocycles. The Labute approximate surface area is 191 Å². The molecule has 0 aliphatic carbocycles. The number of azo groups is 1. The van der Waals surface area contributed by atoms with Crippen molar-refractivity contribution in [3.05, 3.63) is 72.8 Å². The van der Waals surface area contributed by atoms with Crippen LogP contribution in [-0.2, 0) is 10.1 Å². The van der Waals surface area contributed by atoms with E-state index in [0.717, 1.165) is 5.39 Å². The van der Waals surface area contributed by atoms with Gasteiger partial charge in [-0.2, -0.15) is 8.42 Å². The van der Waals surface area contributed by atoms with Gasteiger partial charge in [0.15, 0.2) is 0 Å². The van der Waals surface area contributed by atoms with E-state index in [0.29, 0.717) is 16.2 Å². The standard InChI is InChI=1S/C20H14N2O4S.Ca/c23-18-12-10-13-5-1-3-7-15(13)19(18)22-21-17-11-9-14-6-2-4-8-16(14)20(17)27(24,25)26;/h1-12,23H,(H,24,25,26);. The van der Waals surface area contributed by atoms with Crippen LogP contribution in [0.1, 0.15) is 0 Å². The van der Waals surface area contributed by atoms with Crippen molar-refractivity contribution in [2.75, 3.05) is 0 Å². The number of hydrogen-bond donors (Lipinski definition) is 2. The molecule has 0 saturated carbocycles. The number of hydrogen-bond acceptors (Lipinski definition) is 5. The number of phenols is 1. The van der Waals surface area contributed by atoms with Gasteiger partial charge in [0.05, 0.1) is 0 Å². The molecule has 4 aromatic rings. The smallest absolute Gasteiger partial charge is 0.297 e. The Bertz CT molecular complexity index is 1320. The van der Waals surface area contributed by atoms with Crippen molar-refractivity contribution < 1.29 is 18.1 Å². The van der Waals surface area contributed by atoms with Crippen molar-refractivity contribution in [2.24, 2.45) is 10.2 Å². The van der Waals surface area contributed by atoms with E-state index < -0.39 is 10.1 Å². The Kier molecular flexibility index (Phi) is 6.02. The zero-order valence-electron chi connectivity index (χ0n) is 14.6. The monoisotopic (exact) mass is 418 g/mol. The Balaban J connectivity index is 0.00000225. The van der Waals surface area contributed by atoms with E-state index in [1.54, 1.807) is 48.5 Å². The van der Waals surface area contributed by atoms with E-state index in [2.05, 4.69) is 10.2 Å². The molecule has 4 rings (SSSR count). The second-order valence-corrected chi connectivity index (χ2v) is 7.32. The minimum atomic E-state index is -4.53. The largest absolute Gasteiger partial charge is 0.506 e. The molecule has 4 aromatic carbocycles. The van der Waals surface area contributed by atoms with Crippen LogP contribution in [0.5, 0.6) is 5.75 Å². The molecule has 0 bridgehead atoms. The van der Waals surface area contributed by atoms with Gasteiger partial charge in [-0.1, -0.05) is 60.7 Å². The van der Waals surface area contributed by atoms with Crippen LogP contribution < -0.4 is 0 Å². The molecule has 0 unspecified atom stereocenters. The van der Waals surface area contributed by atoms with Gasteiger partial charge in [0.1, 0.15) is 22.0 Å². The maximum atomic E-state index is 12.0. The van der Waals surface area contributed by atoms with Crippen LogP contribution in [0.3, 0.4) is 0 Å². The van der Waals surface area contributed by atoms with E-state index in [-0.39, 0.29) is 59.8 Å². The fraction of sp³-hybridized carbons (Fsp3) is 0. The second kappa shape index (κ2) is 8.14. The predicted octanol–water partition coefficient (Wildman–Crippen LogP) is 4.98. The Hall–Kier alpha value is -2.03. The van der Waals surface area contributed by atoms with Gasteiger partial charge >= 0.3 is 0 Å². The van der Waals surface area contributed by atoms with Gasteiger partial charge in [-0.15, -0.1) is 10.2 Å². The molecule has 0 aliphatic rings. The van der Waals surface area contributed by atoms with E-state index >= 15 is 0 Å². The minimum Gasteiger partial charge on any atom is -0.506 e. The zero-order chi connectivity index (χ0) is 19.0. The maximum absolute atomic E-state index is 12.0. The third-order valence-corrected chi connectivity index (χ3v) is 5.20.